The number of alkyl halides is 2. The molecule has 1 unspecified atom stereocenters. The number of aliphatic hydroxyl groups excluding tert-OH is 1. The number of benzene rings is 1. The van der Waals surface area contributed by atoms with Crippen LogP contribution in [0.4, 0.5) is 8.78 Å². The molecule has 3 nitrogen and oxygen atoms in total. The number of hydrogen-bond donors (Lipinski definition) is 1. The summed E-state index contributed by atoms with van der Waals surface area (Å²) in [7, 11) is 1.22. The van der Waals surface area contributed by atoms with Crippen LogP contribution in [0.15, 0.2) is 36.9 Å². The first-order valence-electron chi connectivity index (χ1n) is 4.80. The van der Waals surface area contributed by atoms with Gasteiger partial charge in [-0.3, -0.25) is 0 Å². The molecule has 0 aliphatic rings. The van der Waals surface area contributed by atoms with Crippen LogP contribution in [0.1, 0.15) is 22.0 Å². The second kappa shape index (κ2) is 5.05. The first-order valence-corrected chi connectivity index (χ1v) is 4.80. The monoisotopic (exact) mass is 242 g/mol. The van der Waals surface area contributed by atoms with Crippen molar-refractivity contribution in [2.24, 2.45) is 0 Å². The molecule has 0 amide bonds. The van der Waals surface area contributed by atoms with Crippen molar-refractivity contribution in [3.8, 4) is 0 Å². The summed E-state index contributed by atoms with van der Waals surface area (Å²) in [5.41, 5.74) is 0.230. The smallest absolute Gasteiger partial charge is 0.337 e. The van der Waals surface area contributed by atoms with Gasteiger partial charge >= 0.3 is 5.97 Å². The third-order valence-corrected chi connectivity index (χ3v) is 2.28. The van der Waals surface area contributed by atoms with Crippen molar-refractivity contribution in [1.29, 1.82) is 0 Å². The highest BCUT2D eigenvalue weighted by molar-refractivity contribution is 5.89. The van der Waals surface area contributed by atoms with E-state index in [1.165, 1.54) is 31.4 Å². The molecule has 1 aromatic carbocycles. The number of hydrogen-bond acceptors (Lipinski definition) is 3. The fourth-order valence-electron chi connectivity index (χ4n) is 1.25. The van der Waals surface area contributed by atoms with Gasteiger partial charge in [-0.05, 0) is 23.8 Å². The van der Waals surface area contributed by atoms with Crippen molar-refractivity contribution in [2.75, 3.05) is 7.11 Å². The lowest BCUT2D eigenvalue weighted by atomic mass is 10.0. The molecular formula is C12H12F2O3. The van der Waals surface area contributed by atoms with Crippen LogP contribution in [0.5, 0.6) is 0 Å². The predicted molar refractivity (Wildman–Crippen MR) is 57.9 cm³/mol. The third-order valence-electron chi connectivity index (χ3n) is 2.28. The van der Waals surface area contributed by atoms with Crippen LogP contribution in [0.3, 0.4) is 0 Å². The molecule has 0 saturated heterocycles. The predicted octanol–water partition coefficient (Wildman–Crippen LogP) is 2.33. The molecular weight excluding hydrogens is 230 g/mol. The second-order valence-electron chi connectivity index (χ2n) is 3.39. The molecule has 0 radical (unpaired) electrons. The van der Waals surface area contributed by atoms with Crippen molar-refractivity contribution in [3.05, 3.63) is 48.0 Å². The minimum atomic E-state index is -3.41. The van der Waals surface area contributed by atoms with Gasteiger partial charge in [-0.1, -0.05) is 18.7 Å². The number of carbonyl (C=O) groups excluding carboxylic acids is 1. The SMILES string of the molecule is C=CC(F)(F)C(O)c1ccc(C(=O)OC)cc1. The zero-order valence-corrected chi connectivity index (χ0v) is 9.19. The van der Waals surface area contributed by atoms with Crippen molar-refractivity contribution in [3.63, 3.8) is 0 Å². The zero-order chi connectivity index (χ0) is 13.1. The zero-order valence-electron chi connectivity index (χ0n) is 9.19. The molecule has 17 heavy (non-hydrogen) atoms. The van der Waals surface area contributed by atoms with E-state index in [1.807, 2.05) is 0 Å². The Labute approximate surface area is 97.3 Å². The lowest BCUT2D eigenvalue weighted by Crippen LogP contribution is -2.23. The first kappa shape index (κ1) is 13.3. The number of rotatable bonds is 4. The Bertz CT molecular complexity index is 412. The molecule has 0 heterocycles. The lowest BCUT2D eigenvalue weighted by molar-refractivity contribution is -0.0712. The maximum atomic E-state index is 13.1. The molecule has 1 atom stereocenters. The van der Waals surface area contributed by atoms with E-state index in [-0.39, 0.29) is 11.1 Å². The summed E-state index contributed by atoms with van der Waals surface area (Å²) < 4.78 is 30.7. The van der Waals surface area contributed by atoms with E-state index < -0.39 is 18.0 Å². The molecule has 0 fully saturated rings. The van der Waals surface area contributed by atoms with Gasteiger partial charge in [-0.15, -0.1) is 0 Å². The molecule has 1 N–H and O–H groups in total. The van der Waals surface area contributed by atoms with Crippen molar-refractivity contribution in [1.82, 2.24) is 0 Å². The summed E-state index contributed by atoms with van der Waals surface area (Å²) in [6.45, 7) is 2.95. The van der Waals surface area contributed by atoms with E-state index in [4.69, 9.17) is 0 Å². The largest absolute Gasteiger partial charge is 0.465 e. The minimum Gasteiger partial charge on any atom is -0.465 e. The van der Waals surface area contributed by atoms with Crippen LogP contribution in [0.25, 0.3) is 0 Å². The van der Waals surface area contributed by atoms with Crippen molar-refractivity contribution in [2.45, 2.75) is 12.0 Å². The molecule has 0 aliphatic carbocycles. The van der Waals surface area contributed by atoms with Gasteiger partial charge in [-0.2, -0.15) is 8.78 Å². The van der Waals surface area contributed by atoms with Crippen molar-refractivity contribution >= 4 is 5.97 Å². The number of ether oxygens (including phenoxy) is 1. The Morgan fingerprint density at radius 1 is 1.47 bits per heavy atom. The van der Waals surface area contributed by atoms with E-state index in [2.05, 4.69) is 11.3 Å². The van der Waals surface area contributed by atoms with E-state index in [0.717, 1.165) is 0 Å². The molecule has 0 saturated carbocycles. The van der Waals surface area contributed by atoms with Crippen LogP contribution in [0, 0.1) is 0 Å². The molecule has 0 bridgehead atoms. The highest BCUT2D eigenvalue weighted by atomic mass is 19.3. The van der Waals surface area contributed by atoms with Gasteiger partial charge in [-0.25, -0.2) is 4.79 Å². The molecule has 5 heteroatoms. The van der Waals surface area contributed by atoms with Gasteiger partial charge in [0.25, 0.3) is 5.92 Å². The Balaban J connectivity index is 2.95. The van der Waals surface area contributed by atoms with Gasteiger partial charge < -0.3 is 9.84 Å². The molecule has 0 aromatic heterocycles. The highest BCUT2D eigenvalue weighted by Gasteiger charge is 2.35. The van der Waals surface area contributed by atoms with Gasteiger partial charge in [0.05, 0.1) is 12.7 Å². The summed E-state index contributed by atoms with van der Waals surface area (Å²) in [6.07, 6.45) is -1.60. The summed E-state index contributed by atoms with van der Waals surface area (Å²) in [4.78, 5) is 11.1. The van der Waals surface area contributed by atoms with Crippen LogP contribution in [-0.4, -0.2) is 24.1 Å². The van der Waals surface area contributed by atoms with Gasteiger partial charge in [0, 0.05) is 0 Å². The van der Waals surface area contributed by atoms with E-state index in [1.54, 1.807) is 0 Å². The van der Waals surface area contributed by atoms with Crippen LogP contribution < -0.4 is 0 Å². The number of esters is 1. The van der Waals surface area contributed by atoms with E-state index in [9.17, 15) is 18.7 Å². The fraction of sp³-hybridized carbons (Fsp3) is 0.250. The van der Waals surface area contributed by atoms with Crippen LogP contribution >= 0.6 is 0 Å². The van der Waals surface area contributed by atoms with Gasteiger partial charge in [0.1, 0.15) is 6.10 Å². The first-order chi connectivity index (χ1) is 7.92. The van der Waals surface area contributed by atoms with Gasteiger partial charge in [0.2, 0.25) is 0 Å². The molecule has 92 valence electrons. The van der Waals surface area contributed by atoms with Gasteiger partial charge in [0.15, 0.2) is 0 Å². The standard InChI is InChI=1S/C12H12F2O3/c1-3-12(13,14)10(15)8-4-6-9(7-5-8)11(16)17-2/h3-7,10,15H,1H2,2H3. The second-order valence-corrected chi connectivity index (χ2v) is 3.39. The Morgan fingerprint density at radius 3 is 2.41 bits per heavy atom. The number of methoxy groups -OCH3 is 1. The van der Waals surface area contributed by atoms with Crippen LogP contribution in [-0.2, 0) is 4.74 Å². The quantitative estimate of drug-likeness (QED) is 0.651. The molecule has 1 rings (SSSR count). The number of aliphatic hydroxyl groups is 1. The molecule has 0 spiro atoms. The average Bonchev–Trinajstić information content (AvgIpc) is 2.37. The summed E-state index contributed by atoms with van der Waals surface area (Å²) >= 11 is 0. The molecule has 1 aromatic rings. The minimum absolute atomic E-state index is 0.00236. The normalized spacial score (nSPS) is 12.9. The van der Waals surface area contributed by atoms with Crippen molar-refractivity contribution < 1.29 is 23.4 Å². The Morgan fingerprint density at radius 2 is 2.00 bits per heavy atom. The Hall–Kier alpha value is -1.75. The number of halogens is 2. The Kier molecular flexibility index (Phi) is 3.96. The maximum Gasteiger partial charge on any atom is 0.337 e. The lowest BCUT2D eigenvalue weighted by Gasteiger charge is -2.19. The highest BCUT2D eigenvalue weighted by Crippen LogP contribution is 2.32. The topological polar surface area (TPSA) is 46.5 Å². The maximum absolute atomic E-state index is 13.1. The number of carbonyl (C=O) groups is 1. The summed E-state index contributed by atoms with van der Waals surface area (Å²) in [6, 6.07) is 5.11. The molecule has 0 aliphatic heterocycles. The van der Waals surface area contributed by atoms with Crippen LogP contribution in [0.2, 0.25) is 0 Å². The fourth-order valence-corrected chi connectivity index (χ4v) is 1.25. The third kappa shape index (κ3) is 2.88. The average molecular weight is 242 g/mol. The summed E-state index contributed by atoms with van der Waals surface area (Å²) in [5, 5.41) is 9.40. The van der Waals surface area contributed by atoms with E-state index >= 15 is 0 Å². The van der Waals surface area contributed by atoms with E-state index in [0.29, 0.717) is 6.08 Å². The summed E-state index contributed by atoms with van der Waals surface area (Å²) in [5.74, 6) is -3.98.